The van der Waals surface area contributed by atoms with Gasteiger partial charge in [0.1, 0.15) is 5.69 Å². The van der Waals surface area contributed by atoms with Crippen LogP contribution in [0.5, 0.6) is 0 Å². The zero-order chi connectivity index (χ0) is 13.7. The van der Waals surface area contributed by atoms with Gasteiger partial charge in [0.15, 0.2) is 5.84 Å². The van der Waals surface area contributed by atoms with Gasteiger partial charge in [0, 0.05) is 13.6 Å². The summed E-state index contributed by atoms with van der Waals surface area (Å²) in [5.41, 5.74) is 7.06. The summed E-state index contributed by atoms with van der Waals surface area (Å²) in [6.45, 7) is 1.07. The number of nitrogens with zero attached hydrogens (tertiary/aromatic N) is 3. The molecule has 1 aromatic heterocycles. The minimum absolute atomic E-state index is 0.0430. The third kappa shape index (κ3) is 3.59. The number of rotatable bonds is 4. The largest absolute Gasteiger partial charge is 0.409 e. The number of hydrogen-bond donors (Lipinski definition) is 2. The van der Waals surface area contributed by atoms with Crippen LogP contribution in [0.1, 0.15) is 37.8 Å². The zero-order valence-corrected chi connectivity index (χ0v) is 11.4. The predicted octanol–water partition coefficient (Wildman–Crippen LogP) is 2.19. The molecule has 19 heavy (non-hydrogen) atoms. The van der Waals surface area contributed by atoms with E-state index in [1.165, 1.54) is 32.1 Å². The van der Waals surface area contributed by atoms with Crippen molar-refractivity contribution in [2.75, 3.05) is 18.5 Å². The molecule has 1 aromatic rings. The van der Waals surface area contributed by atoms with Crippen LogP contribution in [0.25, 0.3) is 0 Å². The van der Waals surface area contributed by atoms with Crippen LogP contribution in [0.2, 0.25) is 0 Å². The lowest BCUT2D eigenvalue weighted by Gasteiger charge is -2.28. The summed E-state index contributed by atoms with van der Waals surface area (Å²) in [6.07, 6.45) is 8.55. The van der Waals surface area contributed by atoms with Gasteiger partial charge in [0.25, 0.3) is 0 Å². The van der Waals surface area contributed by atoms with Crippen molar-refractivity contribution >= 4 is 11.5 Å². The summed E-state index contributed by atoms with van der Waals surface area (Å²) < 4.78 is 0. The highest BCUT2D eigenvalue weighted by Gasteiger charge is 2.15. The molecule has 3 N–H and O–H groups in total. The van der Waals surface area contributed by atoms with E-state index in [1.807, 2.05) is 6.07 Å². The van der Waals surface area contributed by atoms with E-state index in [4.69, 9.17) is 10.9 Å². The van der Waals surface area contributed by atoms with Gasteiger partial charge in [-0.1, -0.05) is 24.4 Å². The zero-order valence-electron chi connectivity index (χ0n) is 11.4. The number of pyridine rings is 1. The van der Waals surface area contributed by atoms with Gasteiger partial charge in [-0.3, -0.25) is 4.98 Å². The van der Waals surface area contributed by atoms with Crippen molar-refractivity contribution in [1.29, 1.82) is 0 Å². The van der Waals surface area contributed by atoms with Gasteiger partial charge >= 0.3 is 0 Å². The van der Waals surface area contributed by atoms with Gasteiger partial charge < -0.3 is 15.8 Å². The van der Waals surface area contributed by atoms with Crippen molar-refractivity contribution in [3.8, 4) is 0 Å². The molecule has 1 heterocycles. The Hall–Kier alpha value is -1.78. The standard InChI is InChI=1S/C14H22N4O/c1-18(10-11-5-3-2-4-6-11)12-7-8-13(16-9-12)14(15)17-19/h7-9,11,19H,2-6,10H2,1H3,(H2,15,17). The van der Waals surface area contributed by atoms with Gasteiger partial charge in [-0.15, -0.1) is 0 Å². The Morgan fingerprint density at radius 2 is 2.16 bits per heavy atom. The highest BCUT2D eigenvalue weighted by Crippen LogP contribution is 2.25. The second-order valence-corrected chi connectivity index (χ2v) is 5.27. The van der Waals surface area contributed by atoms with E-state index in [0.717, 1.165) is 18.2 Å². The molecular weight excluding hydrogens is 240 g/mol. The molecule has 104 valence electrons. The van der Waals surface area contributed by atoms with Crippen molar-refractivity contribution in [2.24, 2.45) is 16.8 Å². The molecule has 1 aliphatic carbocycles. The Balaban J connectivity index is 1.96. The maximum Gasteiger partial charge on any atom is 0.188 e. The summed E-state index contributed by atoms with van der Waals surface area (Å²) in [6, 6.07) is 3.74. The molecule has 1 fully saturated rings. The Labute approximate surface area is 114 Å². The summed E-state index contributed by atoms with van der Waals surface area (Å²) >= 11 is 0. The lowest BCUT2D eigenvalue weighted by Crippen LogP contribution is -2.27. The Kier molecular flexibility index (Phi) is 4.60. The van der Waals surface area contributed by atoms with Crippen LogP contribution < -0.4 is 10.6 Å². The molecule has 1 saturated carbocycles. The van der Waals surface area contributed by atoms with Crippen LogP contribution in [0.15, 0.2) is 23.5 Å². The molecule has 0 saturated heterocycles. The Morgan fingerprint density at radius 1 is 1.42 bits per heavy atom. The van der Waals surface area contributed by atoms with Crippen LogP contribution in [-0.4, -0.2) is 29.6 Å². The molecule has 0 spiro atoms. The van der Waals surface area contributed by atoms with Gasteiger partial charge in [-0.2, -0.15) is 0 Å². The van der Waals surface area contributed by atoms with Crippen LogP contribution in [0.3, 0.4) is 0 Å². The van der Waals surface area contributed by atoms with E-state index in [2.05, 4.69) is 22.1 Å². The number of aromatic nitrogens is 1. The van der Waals surface area contributed by atoms with E-state index in [9.17, 15) is 0 Å². The van der Waals surface area contributed by atoms with Crippen molar-refractivity contribution in [3.05, 3.63) is 24.0 Å². The topological polar surface area (TPSA) is 74.7 Å². The molecule has 0 bridgehead atoms. The van der Waals surface area contributed by atoms with Crippen LogP contribution in [0.4, 0.5) is 5.69 Å². The highest BCUT2D eigenvalue weighted by atomic mass is 16.4. The third-order valence-electron chi connectivity index (χ3n) is 3.82. The molecular formula is C14H22N4O. The minimum atomic E-state index is 0.0430. The smallest absolute Gasteiger partial charge is 0.188 e. The summed E-state index contributed by atoms with van der Waals surface area (Å²) in [5.74, 6) is 0.837. The molecule has 0 amide bonds. The average molecular weight is 262 g/mol. The summed E-state index contributed by atoms with van der Waals surface area (Å²) in [7, 11) is 2.09. The van der Waals surface area contributed by atoms with Gasteiger partial charge in [0.2, 0.25) is 0 Å². The van der Waals surface area contributed by atoms with Crippen molar-refractivity contribution in [2.45, 2.75) is 32.1 Å². The molecule has 0 aromatic carbocycles. The number of oxime groups is 1. The Morgan fingerprint density at radius 3 is 2.74 bits per heavy atom. The Bertz CT molecular complexity index is 424. The summed E-state index contributed by atoms with van der Waals surface area (Å²) in [4.78, 5) is 6.44. The van der Waals surface area contributed by atoms with E-state index < -0.39 is 0 Å². The minimum Gasteiger partial charge on any atom is -0.409 e. The van der Waals surface area contributed by atoms with Crippen LogP contribution >= 0.6 is 0 Å². The predicted molar refractivity (Wildman–Crippen MR) is 76.6 cm³/mol. The fourth-order valence-corrected chi connectivity index (χ4v) is 2.68. The molecule has 0 radical (unpaired) electrons. The first-order valence-electron chi connectivity index (χ1n) is 6.86. The number of hydrogen-bond acceptors (Lipinski definition) is 4. The third-order valence-corrected chi connectivity index (χ3v) is 3.82. The fraction of sp³-hybridized carbons (Fsp3) is 0.571. The first-order chi connectivity index (χ1) is 9.20. The monoisotopic (exact) mass is 262 g/mol. The molecule has 2 rings (SSSR count). The average Bonchev–Trinajstić information content (AvgIpc) is 2.47. The van der Waals surface area contributed by atoms with Crippen molar-refractivity contribution < 1.29 is 5.21 Å². The maximum absolute atomic E-state index is 8.60. The van der Waals surface area contributed by atoms with Crippen molar-refractivity contribution in [3.63, 3.8) is 0 Å². The van der Waals surface area contributed by atoms with Crippen LogP contribution in [-0.2, 0) is 0 Å². The SMILES string of the molecule is CN(CC1CCCCC1)c1ccc(/C(N)=N/O)nc1. The normalized spacial score (nSPS) is 17.4. The van der Waals surface area contributed by atoms with E-state index in [0.29, 0.717) is 5.69 Å². The first-order valence-corrected chi connectivity index (χ1v) is 6.86. The number of nitrogens with two attached hydrogens (primary N) is 1. The van der Waals surface area contributed by atoms with E-state index >= 15 is 0 Å². The molecule has 0 unspecified atom stereocenters. The summed E-state index contributed by atoms with van der Waals surface area (Å²) in [5, 5.41) is 11.5. The molecule has 5 heteroatoms. The lowest BCUT2D eigenvalue weighted by molar-refractivity contribution is 0.318. The van der Waals surface area contributed by atoms with Crippen LogP contribution in [0, 0.1) is 5.92 Å². The first kappa shape index (κ1) is 13.6. The lowest BCUT2D eigenvalue weighted by atomic mass is 9.89. The second kappa shape index (κ2) is 6.41. The number of anilines is 1. The van der Waals surface area contributed by atoms with Crippen molar-refractivity contribution in [1.82, 2.24) is 4.98 Å². The quantitative estimate of drug-likeness (QED) is 0.377. The van der Waals surface area contributed by atoms with Gasteiger partial charge in [-0.25, -0.2) is 0 Å². The molecule has 1 aliphatic rings. The van der Waals surface area contributed by atoms with Gasteiger partial charge in [0.05, 0.1) is 11.9 Å². The second-order valence-electron chi connectivity index (χ2n) is 5.27. The molecule has 0 atom stereocenters. The van der Waals surface area contributed by atoms with Gasteiger partial charge in [-0.05, 0) is 30.9 Å². The van der Waals surface area contributed by atoms with E-state index in [1.54, 1.807) is 12.3 Å². The fourth-order valence-electron chi connectivity index (χ4n) is 2.68. The highest BCUT2D eigenvalue weighted by molar-refractivity contribution is 5.95. The number of amidine groups is 1. The molecule has 0 aliphatic heterocycles. The maximum atomic E-state index is 8.60. The molecule has 5 nitrogen and oxygen atoms in total. The van der Waals surface area contributed by atoms with E-state index in [-0.39, 0.29) is 5.84 Å².